The second kappa shape index (κ2) is 10.4. The van der Waals surface area contributed by atoms with E-state index in [0.717, 1.165) is 22.7 Å². The van der Waals surface area contributed by atoms with Crippen molar-refractivity contribution in [2.24, 2.45) is 0 Å². The number of carbonyl (C=O) groups is 3. The third-order valence-electron chi connectivity index (χ3n) is 5.51. The number of nitrogens with zero attached hydrogens (tertiary/aromatic N) is 2. The molecule has 1 saturated heterocycles. The number of hydrogen-bond acceptors (Lipinski definition) is 9. The number of anilines is 1. The van der Waals surface area contributed by atoms with Crippen LogP contribution in [0.15, 0.2) is 46.4 Å². The topological polar surface area (TPSA) is 119 Å². The number of ketones is 1. The van der Waals surface area contributed by atoms with Gasteiger partial charge in [-0.05, 0) is 51.5 Å². The molecule has 2 aromatic heterocycles. The first-order chi connectivity index (χ1) is 17.3. The number of esters is 1. The van der Waals surface area contributed by atoms with Crippen LogP contribution in [0.1, 0.15) is 58.8 Å². The third kappa shape index (κ3) is 4.64. The summed E-state index contributed by atoms with van der Waals surface area (Å²) in [7, 11) is 0. The molecule has 1 amide bonds. The number of aliphatic hydroxyl groups is 1. The van der Waals surface area contributed by atoms with E-state index in [2.05, 4.69) is 4.98 Å². The van der Waals surface area contributed by atoms with Gasteiger partial charge >= 0.3 is 11.9 Å². The van der Waals surface area contributed by atoms with E-state index in [9.17, 15) is 19.5 Å². The van der Waals surface area contributed by atoms with E-state index in [4.69, 9.17) is 13.9 Å². The normalized spacial score (nSPS) is 17.0. The Kier molecular flexibility index (Phi) is 7.25. The first-order valence-electron chi connectivity index (χ1n) is 11.5. The summed E-state index contributed by atoms with van der Waals surface area (Å²) in [5.41, 5.74) is 0.537. The number of thiazole rings is 1. The van der Waals surface area contributed by atoms with Gasteiger partial charge in [0.1, 0.15) is 33.9 Å². The highest BCUT2D eigenvalue weighted by molar-refractivity contribution is 7.17. The smallest absolute Gasteiger partial charge is 0.350 e. The second-order valence-corrected chi connectivity index (χ2v) is 9.10. The Morgan fingerprint density at radius 1 is 1.19 bits per heavy atom. The molecule has 1 aromatic carbocycles. The number of aromatic nitrogens is 1. The van der Waals surface area contributed by atoms with Gasteiger partial charge in [-0.25, -0.2) is 9.78 Å². The van der Waals surface area contributed by atoms with Crippen molar-refractivity contribution in [3.8, 4) is 5.75 Å². The van der Waals surface area contributed by atoms with Crippen LogP contribution in [0, 0.1) is 13.8 Å². The molecule has 1 unspecified atom stereocenters. The zero-order chi connectivity index (χ0) is 26.0. The summed E-state index contributed by atoms with van der Waals surface area (Å²) in [5, 5.41) is 11.4. The molecule has 1 atom stereocenters. The van der Waals surface area contributed by atoms with Crippen molar-refractivity contribution in [1.29, 1.82) is 0 Å². The predicted molar refractivity (Wildman–Crippen MR) is 133 cm³/mol. The molecule has 0 aliphatic carbocycles. The Morgan fingerprint density at radius 2 is 1.97 bits per heavy atom. The molecule has 1 fully saturated rings. The largest absolute Gasteiger partial charge is 0.507 e. The highest BCUT2D eigenvalue weighted by atomic mass is 32.1. The standard InChI is InChI=1S/C26H26N2O7S/c1-5-12-34-17-9-7-8-16(13-17)21(29)19-20(18-11-10-14(3)35-18)28(24(31)22(19)30)26-27-15(4)23(36-26)25(32)33-6-2/h7-11,13,20,29H,5-6,12H2,1-4H3/b21-19+. The minimum Gasteiger partial charge on any atom is -0.507 e. The number of amides is 1. The molecule has 3 heterocycles. The molecule has 0 bridgehead atoms. The van der Waals surface area contributed by atoms with Crippen molar-refractivity contribution in [2.75, 3.05) is 18.1 Å². The molecule has 10 heteroatoms. The van der Waals surface area contributed by atoms with E-state index in [1.165, 1.54) is 0 Å². The number of furan rings is 1. The Hall–Kier alpha value is -3.92. The van der Waals surface area contributed by atoms with Crippen LogP contribution in [0.4, 0.5) is 5.13 Å². The lowest BCUT2D eigenvalue weighted by Gasteiger charge is -2.20. The number of benzene rings is 1. The fraction of sp³-hybridized carbons (Fsp3) is 0.308. The van der Waals surface area contributed by atoms with Crippen molar-refractivity contribution < 1.29 is 33.4 Å². The van der Waals surface area contributed by atoms with Crippen LogP contribution in [-0.4, -0.2) is 41.0 Å². The lowest BCUT2D eigenvalue weighted by Crippen LogP contribution is -2.29. The molecule has 0 saturated carbocycles. The Morgan fingerprint density at radius 3 is 2.64 bits per heavy atom. The zero-order valence-electron chi connectivity index (χ0n) is 20.4. The van der Waals surface area contributed by atoms with E-state index < -0.39 is 23.7 Å². The molecule has 36 heavy (non-hydrogen) atoms. The molecular weight excluding hydrogens is 484 g/mol. The van der Waals surface area contributed by atoms with Crippen LogP contribution in [0.2, 0.25) is 0 Å². The zero-order valence-corrected chi connectivity index (χ0v) is 21.2. The Balaban J connectivity index is 1.85. The Bertz CT molecular complexity index is 1350. The van der Waals surface area contributed by atoms with E-state index in [1.54, 1.807) is 57.2 Å². The molecule has 188 valence electrons. The van der Waals surface area contributed by atoms with Gasteiger partial charge in [-0.15, -0.1) is 0 Å². The van der Waals surface area contributed by atoms with Crippen molar-refractivity contribution in [2.45, 2.75) is 40.2 Å². The minimum atomic E-state index is -1.08. The second-order valence-electron chi connectivity index (χ2n) is 8.13. The van der Waals surface area contributed by atoms with Crippen LogP contribution in [0.25, 0.3) is 5.76 Å². The summed E-state index contributed by atoms with van der Waals surface area (Å²) in [4.78, 5) is 44.7. The van der Waals surface area contributed by atoms with Gasteiger partial charge < -0.3 is 19.0 Å². The van der Waals surface area contributed by atoms with E-state index in [-0.39, 0.29) is 33.7 Å². The van der Waals surface area contributed by atoms with Crippen molar-refractivity contribution >= 4 is 39.9 Å². The number of rotatable bonds is 8. The number of ether oxygens (including phenoxy) is 2. The van der Waals surface area contributed by atoms with Crippen molar-refractivity contribution in [1.82, 2.24) is 4.98 Å². The van der Waals surface area contributed by atoms with Gasteiger partial charge in [0.05, 0.1) is 24.5 Å². The summed E-state index contributed by atoms with van der Waals surface area (Å²) in [6, 6.07) is 8.92. The van der Waals surface area contributed by atoms with Crippen LogP contribution in [-0.2, 0) is 14.3 Å². The first kappa shape index (κ1) is 25.2. The van der Waals surface area contributed by atoms with Gasteiger partial charge in [-0.1, -0.05) is 30.4 Å². The third-order valence-corrected chi connectivity index (χ3v) is 6.64. The van der Waals surface area contributed by atoms with Crippen LogP contribution < -0.4 is 9.64 Å². The van der Waals surface area contributed by atoms with E-state index in [0.29, 0.717) is 29.4 Å². The Labute approximate surface area is 212 Å². The molecule has 0 spiro atoms. The average molecular weight is 511 g/mol. The summed E-state index contributed by atoms with van der Waals surface area (Å²) in [6.45, 7) is 7.70. The molecule has 9 nitrogen and oxygen atoms in total. The highest BCUT2D eigenvalue weighted by Gasteiger charge is 2.50. The van der Waals surface area contributed by atoms with Gasteiger partial charge in [-0.2, -0.15) is 0 Å². The molecule has 1 aliphatic heterocycles. The van der Waals surface area contributed by atoms with Crippen molar-refractivity contribution in [3.63, 3.8) is 0 Å². The first-order valence-corrected chi connectivity index (χ1v) is 12.3. The van der Waals surface area contributed by atoms with Gasteiger partial charge in [0, 0.05) is 5.56 Å². The quantitative estimate of drug-likeness (QED) is 0.196. The summed E-state index contributed by atoms with van der Waals surface area (Å²) in [6.07, 6.45) is 0.806. The van der Waals surface area contributed by atoms with Crippen LogP contribution in [0.3, 0.4) is 0 Å². The fourth-order valence-electron chi connectivity index (χ4n) is 3.88. The number of aryl methyl sites for hydroxylation is 2. The van der Waals surface area contributed by atoms with Gasteiger partial charge in [0.25, 0.3) is 5.78 Å². The maximum atomic E-state index is 13.3. The molecule has 0 radical (unpaired) electrons. The maximum Gasteiger partial charge on any atom is 0.350 e. The maximum absolute atomic E-state index is 13.3. The average Bonchev–Trinajstić information content (AvgIpc) is 3.53. The highest BCUT2D eigenvalue weighted by Crippen LogP contribution is 2.44. The summed E-state index contributed by atoms with van der Waals surface area (Å²) in [5.74, 6) is -1.35. The number of hydrogen-bond donors (Lipinski definition) is 1. The van der Waals surface area contributed by atoms with Gasteiger partial charge in [0.15, 0.2) is 5.13 Å². The lowest BCUT2D eigenvalue weighted by atomic mass is 9.99. The fourth-order valence-corrected chi connectivity index (χ4v) is 4.87. The monoisotopic (exact) mass is 510 g/mol. The lowest BCUT2D eigenvalue weighted by molar-refractivity contribution is -0.132. The SMILES string of the molecule is CCCOc1cccc(/C(O)=C2\C(=O)C(=O)N(c3nc(C)c(C(=O)OCC)s3)C2c2ccc(C)o2)c1. The summed E-state index contributed by atoms with van der Waals surface area (Å²) >= 11 is 0.938. The summed E-state index contributed by atoms with van der Waals surface area (Å²) < 4.78 is 16.5. The molecular formula is C26H26N2O7S. The van der Waals surface area contributed by atoms with E-state index in [1.807, 2.05) is 6.92 Å². The molecule has 3 aromatic rings. The molecule has 4 rings (SSSR count). The molecule has 1 N–H and O–H groups in total. The van der Waals surface area contributed by atoms with Crippen LogP contribution in [0.5, 0.6) is 5.75 Å². The minimum absolute atomic E-state index is 0.121. The number of aliphatic hydroxyl groups excluding tert-OH is 1. The van der Waals surface area contributed by atoms with Gasteiger partial charge in [0.2, 0.25) is 0 Å². The predicted octanol–water partition coefficient (Wildman–Crippen LogP) is 4.94. The number of Topliss-reactive ketones (excluding diaryl/α,β-unsaturated/α-hetero) is 1. The molecule has 1 aliphatic rings. The van der Waals surface area contributed by atoms with Crippen LogP contribution >= 0.6 is 11.3 Å². The van der Waals surface area contributed by atoms with Gasteiger partial charge in [-0.3, -0.25) is 14.5 Å². The van der Waals surface area contributed by atoms with E-state index >= 15 is 0 Å². The van der Waals surface area contributed by atoms with Crippen molar-refractivity contribution in [3.05, 3.63) is 69.6 Å². The number of carbonyl (C=O) groups excluding carboxylic acids is 3.